The number of hydrogen-bond acceptors (Lipinski definition) is 3. The van der Waals surface area contributed by atoms with Crippen molar-refractivity contribution in [3.05, 3.63) is 35.5 Å². The van der Waals surface area contributed by atoms with Crippen LogP contribution in [0.3, 0.4) is 0 Å². The number of nitrogens with zero attached hydrogens (tertiary/aromatic N) is 4. The molecule has 3 rings (SSSR count). The normalized spacial score (nSPS) is 11.3. The number of nitrogens with two attached hydrogens (primary N) is 1. The van der Waals surface area contributed by atoms with Crippen molar-refractivity contribution in [3.8, 4) is 5.69 Å². The van der Waals surface area contributed by atoms with Crippen molar-refractivity contribution < 1.29 is 0 Å². The predicted octanol–water partition coefficient (Wildman–Crippen LogP) is 2.60. The van der Waals surface area contributed by atoms with E-state index >= 15 is 0 Å². The summed E-state index contributed by atoms with van der Waals surface area (Å²) in [5.41, 5.74) is 11.1. The minimum Gasteiger partial charge on any atom is -0.369 e. The van der Waals surface area contributed by atoms with Crippen LogP contribution in [0.15, 0.2) is 24.3 Å². The first-order valence-corrected chi connectivity index (χ1v) is 6.88. The Balaban J connectivity index is 2.16. The van der Waals surface area contributed by atoms with Gasteiger partial charge in [-0.05, 0) is 31.0 Å². The van der Waals surface area contributed by atoms with Crippen LogP contribution in [0.4, 0.5) is 5.95 Å². The van der Waals surface area contributed by atoms with Gasteiger partial charge in [-0.15, -0.1) is 0 Å². The highest BCUT2D eigenvalue weighted by atomic mass is 15.3. The van der Waals surface area contributed by atoms with Gasteiger partial charge in [0.05, 0.1) is 11.4 Å². The number of rotatable bonds is 3. The minimum absolute atomic E-state index is 0.499. The lowest BCUT2D eigenvalue weighted by Crippen LogP contribution is -2.04. The van der Waals surface area contributed by atoms with Gasteiger partial charge in [-0.2, -0.15) is 5.10 Å². The topological polar surface area (TPSA) is 61.7 Å². The van der Waals surface area contributed by atoms with Crippen molar-refractivity contribution >= 4 is 17.1 Å². The maximum absolute atomic E-state index is 6.08. The molecule has 2 aromatic heterocycles. The number of hydrogen-bond donors (Lipinski definition) is 1. The zero-order valence-electron chi connectivity index (χ0n) is 12.1. The molecule has 0 bridgehead atoms. The minimum atomic E-state index is 0.499. The van der Waals surface area contributed by atoms with Crippen molar-refractivity contribution in [3.63, 3.8) is 0 Å². The molecular weight excluding hydrogens is 250 g/mol. The lowest BCUT2D eigenvalue weighted by atomic mass is 10.1. The molecule has 2 N–H and O–H groups in total. The molecule has 104 valence electrons. The van der Waals surface area contributed by atoms with E-state index in [1.807, 2.05) is 23.2 Å². The number of anilines is 1. The van der Waals surface area contributed by atoms with Crippen LogP contribution in [-0.4, -0.2) is 19.3 Å². The molecule has 20 heavy (non-hydrogen) atoms. The largest absolute Gasteiger partial charge is 0.369 e. The third-order valence-electron chi connectivity index (χ3n) is 3.56. The molecule has 0 radical (unpaired) electrons. The summed E-state index contributed by atoms with van der Waals surface area (Å²) in [6.07, 6.45) is 2.25. The van der Waals surface area contributed by atoms with Crippen LogP contribution < -0.4 is 5.73 Å². The quantitative estimate of drug-likeness (QED) is 0.795. The Hall–Kier alpha value is -2.30. The smallest absolute Gasteiger partial charge is 0.207 e. The Bertz CT molecular complexity index is 749. The van der Waals surface area contributed by atoms with Gasteiger partial charge in [0.25, 0.3) is 0 Å². The summed E-state index contributed by atoms with van der Waals surface area (Å²) >= 11 is 0. The zero-order valence-corrected chi connectivity index (χ0v) is 12.1. The molecule has 0 aliphatic carbocycles. The van der Waals surface area contributed by atoms with E-state index in [0.29, 0.717) is 5.95 Å². The Labute approximate surface area is 118 Å². The second kappa shape index (κ2) is 4.67. The fourth-order valence-corrected chi connectivity index (χ4v) is 2.64. The Kier molecular flexibility index (Phi) is 2.97. The summed E-state index contributed by atoms with van der Waals surface area (Å²) in [4.78, 5) is 4.43. The van der Waals surface area contributed by atoms with Gasteiger partial charge in [0, 0.05) is 7.05 Å². The van der Waals surface area contributed by atoms with Crippen molar-refractivity contribution in [2.75, 3.05) is 5.73 Å². The average molecular weight is 269 g/mol. The fourth-order valence-electron chi connectivity index (χ4n) is 2.64. The van der Waals surface area contributed by atoms with Crippen LogP contribution in [0.5, 0.6) is 0 Å². The summed E-state index contributed by atoms with van der Waals surface area (Å²) in [7, 11) is 1.92. The summed E-state index contributed by atoms with van der Waals surface area (Å²) in [6.45, 7) is 4.13. The van der Waals surface area contributed by atoms with Gasteiger partial charge in [-0.3, -0.25) is 4.57 Å². The van der Waals surface area contributed by atoms with E-state index in [4.69, 9.17) is 5.73 Å². The average Bonchev–Trinajstić information content (AvgIpc) is 2.89. The van der Waals surface area contributed by atoms with Gasteiger partial charge in [-0.25, -0.2) is 9.67 Å². The molecule has 0 fully saturated rings. The third-order valence-corrected chi connectivity index (χ3v) is 3.56. The van der Waals surface area contributed by atoms with Crippen LogP contribution >= 0.6 is 0 Å². The monoisotopic (exact) mass is 269 g/mol. The van der Waals surface area contributed by atoms with Crippen molar-refractivity contribution in [2.24, 2.45) is 7.05 Å². The number of imidazole rings is 1. The molecule has 0 aliphatic rings. The number of aryl methyl sites for hydroxylation is 3. The second-order valence-electron chi connectivity index (χ2n) is 5.10. The standard InChI is InChI=1S/C15H19N5/c1-4-5-11-6-8-12(9-7-11)20-14-13(17-15(20)16)10(2)18-19(14)3/h6-9H,4-5H2,1-3H3,(H2,16,17). The van der Waals surface area contributed by atoms with Crippen LogP contribution in [0.1, 0.15) is 24.6 Å². The van der Waals surface area contributed by atoms with E-state index in [9.17, 15) is 0 Å². The molecule has 0 saturated heterocycles. The Morgan fingerprint density at radius 3 is 2.55 bits per heavy atom. The lowest BCUT2D eigenvalue weighted by Gasteiger charge is -2.08. The number of fused-ring (bicyclic) bond motifs is 1. The maximum Gasteiger partial charge on any atom is 0.207 e. The first kappa shape index (κ1) is 12.7. The summed E-state index contributed by atoms with van der Waals surface area (Å²) in [5, 5.41) is 4.40. The molecule has 0 unspecified atom stereocenters. The molecule has 2 heterocycles. The third kappa shape index (κ3) is 1.86. The van der Waals surface area contributed by atoms with Gasteiger partial charge >= 0.3 is 0 Å². The lowest BCUT2D eigenvalue weighted by molar-refractivity contribution is 0.762. The summed E-state index contributed by atoms with van der Waals surface area (Å²) < 4.78 is 3.78. The van der Waals surface area contributed by atoms with E-state index in [1.54, 1.807) is 0 Å². The van der Waals surface area contributed by atoms with Crippen molar-refractivity contribution in [1.29, 1.82) is 0 Å². The van der Waals surface area contributed by atoms with Crippen LogP contribution in [-0.2, 0) is 13.5 Å². The van der Waals surface area contributed by atoms with Gasteiger partial charge in [0.15, 0.2) is 5.65 Å². The number of nitrogen functional groups attached to an aromatic ring is 1. The molecule has 0 spiro atoms. The molecule has 3 aromatic rings. The predicted molar refractivity (Wildman–Crippen MR) is 81.0 cm³/mol. The summed E-state index contributed by atoms with van der Waals surface area (Å²) in [6, 6.07) is 8.47. The summed E-state index contributed by atoms with van der Waals surface area (Å²) in [5.74, 6) is 0.499. The molecule has 5 heteroatoms. The van der Waals surface area contributed by atoms with Gasteiger partial charge in [0.2, 0.25) is 5.95 Å². The molecular formula is C15H19N5. The van der Waals surface area contributed by atoms with Gasteiger partial charge in [0.1, 0.15) is 5.52 Å². The number of aromatic nitrogens is 4. The van der Waals surface area contributed by atoms with E-state index < -0.39 is 0 Å². The van der Waals surface area contributed by atoms with Crippen LogP contribution in [0.25, 0.3) is 16.9 Å². The molecule has 0 amide bonds. The Morgan fingerprint density at radius 2 is 1.90 bits per heavy atom. The van der Waals surface area contributed by atoms with E-state index in [-0.39, 0.29) is 0 Å². The number of benzene rings is 1. The van der Waals surface area contributed by atoms with Crippen molar-refractivity contribution in [2.45, 2.75) is 26.7 Å². The van der Waals surface area contributed by atoms with E-state index in [2.05, 4.69) is 41.3 Å². The van der Waals surface area contributed by atoms with Gasteiger partial charge < -0.3 is 5.73 Å². The van der Waals surface area contributed by atoms with Crippen molar-refractivity contribution in [1.82, 2.24) is 19.3 Å². The maximum atomic E-state index is 6.08. The molecule has 0 saturated carbocycles. The molecule has 0 aliphatic heterocycles. The molecule has 0 atom stereocenters. The second-order valence-corrected chi connectivity index (χ2v) is 5.10. The molecule has 5 nitrogen and oxygen atoms in total. The highest BCUT2D eigenvalue weighted by Crippen LogP contribution is 2.24. The van der Waals surface area contributed by atoms with E-state index in [0.717, 1.165) is 35.4 Å². The van der Waals surface area contributed by atoms with Gasteiger partial charge in [-0.1, -0.05) is 25.5 Å². The van der Waals surface area contributed by atoms with Crippen LogP contribution in [0, 0.1) is 6.92 Å². The molecule has 1 aromatic carbocycles. The zero-order chi connectivity index (χ0) is 14.3. The first-order chi connectivity index (χ1) is 9.61. The fraction of sp³-hybridized carbons (Fsp3) is 0.333. The SMILES string of the molecule is CCCc1ccc(-n2c(N)nc3c(C)nn(C)c32)cc1. The highest BCUT2D eigenvalue weighted by Gasteiger charge is 2.16. The van der Waals surface area contributed by atoms with E-state index in [1.165, 1.54) is 5.56 Å². The Morgan fingerprint density at radius 1 is 1.20 bits per heavy atom. The highest BCUT2D eigenvalue weighted by molar-refractivity contribution is 5.79. The van der Waals surface area contributed by atoms with Crippen LogP contribution in [0.2, 0.25) is 0 Å². The first-order valence-electron chi connectivity index (χ1n) is 6.88.